The molecule has 9 nitrogen and oxygen atoms in total. The van der Waals surface area contributed by atoms with Crippen LogP contribution in [0.25, 0.3) is 0 Å². The summed E-state index contributed by atoms with van der Waals surface area (Å²) >= 11 is 0. The van der Waals surface area contributed by atoms with Crippen molar-refractivity contribution in [3.63, 3.8) is 0 Å². The third kappa shape index (κ3) is 5.76. The largest absolute Gasteiger partial charge is 0.474 e. The third-order valence-corrected chi connectivity index (χ3v) is 11.9. The first-order chi connectivity index (χ1) is 24.8. The van der Waals surface area contributed by atoms with E-state index in [1.807, 2.05) is 91.0 Å². The van der Waals surface area contributed by atoms with Gasteiger partial charge in [-0.15, -0.1) is 0 Å². The summed E-state index contributed by atoms with van der Waals surface area (Å²) in [5.41, 5.74) is 3.03. The molecule has 12 heteroatoms. The fourth-order valence-electron chi connectivity index (χ4n) is 7.68. The second-order valence-corrected chi connectivity index (χ2v) is 15.0. The van der Waals surface area contributed by atoms with Crippen molar-refractivity contribution in [2.24, 2.45) is 4.36 Å². The molecule has 2 heterocycles. The number of nitrogens with one attached hydrogen (secondary N) is 2. The SMILES string of the molecule is CO[C@@H]1COc2c(S(=O)(=NC(c3ccccc3)(c3ccccc3)c3ccccc3)NC(=O)Nc3c4c(c(F)c5c3C[C@@H](F)C5)CCC4)cnn2C1. The molecule has 3 atom stereocenters. The Labute approximate surface area is 295 Å². The maximum absolute atomic E-state index is 16.0. The maximum Gasteiger partial charge on any atom is 0.331 e. The Morgan fingerprint density at radius 1 is 0.922 bits per heavy atom. The number of alkyl halides is 1. The smallest absolute Gasteiger partial charge is 0.331 e. The number of anilines is 1. The molecular weight excluding hydrogens is 673 g/mol. The van der Waals surface area contributed by atoms with Crippen LogP contribution in [0.1, 0.15) is 45.4 Å². The molecule has 51 heavy (non-hydrogen) atoms. The van der Waals surface area contributed by atoms with Crippen LogP contribution in [0.5, 0.6) is 5.88 Å². The highest BCUT2D eigenvalue weighted by atomic mass is 32.2. The van der Waals surface area contributed by atoms with Crippen LogP contribution in [0.4, 0.5) is 19.3 Å². The Kier molecular flexibility index (Phi) is 8.59. The van der Waals surface area contributed by atoms with E-state index in [1.165, 1.54) is 6.20 Å². The number of benzene rings is 4. The highest BCUT2D eigenvalue weighted by molar-refractivity contribution is 7.92. The Hall–Kier alpha value is -5.07. The zero-order valence-electron chi connectivity index (χ0n) is 28.0. The van der Waals surface area contributed by atoms with Crippen molar-refractivity contribution in [1.82, 2.24) is 14.5 Å². The minimum absolute atomic E-state index is 0.0144. The van der Waals surface area contributed by atoms with E-state index >= 15 is 8.60 Å². The van der Waals surface area contributed by atoms with Crippen LogP contribution in [-0.4, -0.2) is 46.0 Å². The first kappa shape index (κ1) is 33.1. The van der Waals surface area contributed by atoms with Gasteiger partial charge < -0.3 is 14.8 Å². The summed E-state index contributed by atoms with van der Waals surface area (Å²) in [4.78, 5) is 14.4. The van der Waals surface area contributed by atoms with Crippen molar-refractivity contribution in [3.8, 4) is 5.88 Å². The van der Waals surface area contributed by atoms with E-state index in [0.29, 0.717) is 70.4 Å². The van der Waals surface area contributed by atoms with Crippen molar-refractivity contribution in [3.05, 3.63) is 142 Å². The number of urea groups is 1. The molecule has 2 N–H and O–H groups in total. The number of methoxy groups -OCH3 is 1. The van der Waals surface area contributed by atoms with Gasteiger partial charge in [-0.25, -0.2) is 27.2 Å². The molecule has 1 unspecified atom stereocenters. The predicted molar refractivity (Wildman–Crippen MR) is 189 cm³/mol. The first-order valence-electron chi connectivity index (χ1n) is 17.0. The third-order valence-electron chi connectivity index (χ3n) is 10.1. The van der Waals surface area contributed by atoms with Crippen molar-refractivity contribution in [2.45, 2.75) is 61.4 Å². The van der Waals surface area contributed by atoms with Gasteiger partial charge in [0.2, 0.25) is 5.88 Å². The standard InChI is InChI=1S/C39H37F2N5O4S/c1-49-29-23-46-37(50-24-29)34(22-42-46)51(48,44-38(47)43-36-31-19-11-18-30(31)35(41)32-20-28(40)21-33(32)36)45-39(25-12-5-2-6-13-25,26-14-7-3-8-15-26)27-16-9-4-10-17-27/h2-10,12-17,22,28-29H,11,18-21,23-24H2,1H3,(H2,43,44,45,47,48)/t28-,29-,51?/m0/s1. The Balaban J connectivity index is 1.34. The lowest BCUT2D eigenvalue weighted by Gasteiger charge is -2.33. The minimum Gasteiger partial charge on any atom is -0.474 e. The van der Waals surface area contributed by atoms with Gasteiger partial charge in [0.15, 0.2) is 9.92 Å². The number of aromatic nitrogens is 2. The Morgan fingerprint density at radius 3 is 2.12 bits per heavy atom. The van der Waals surface area contributed by atoms with Crippen molar-refractivity contribution in [1.29, 1.82) is 0 Å². The van der Waals surface area contributed by atoms with E-state index in [2.05, 4.69) is 15.1 Å². The van der Waals surface area contributed by atoms with Gasteiger partial charge in [-0.3, -0.25) is 0 Å². The number of ether oxygens (including phenoxy) is 2. The molecule has 5 aromatic rings. The van der Waals surface area contributed by atoms with E-state index in [0.717, 1.165) is 0 Å². The summed E-state index contributed by atoms with van der Waals surface area (Å²) in [6.07, 6.45) is 1.56. The van der Waals surface area contributed by atoms with Crippen LogP contribution in [0.2, 0.25) is 0 Å². The monoisotopic (exact) mass is 709 g/mol. The molecule has 0 fully saturated rings. The van der Waals surface area contributed by atoms with Gasteiger partial charge >= 0.3 is 6.03 Å². The molecule has 0 radical (unpaired) electrons. The summed E-state index contributed by atoms with van der Waals surface area (Å²) in [7, 11) is -2.41. The van der Waals surface area contributed by atoms with Crippen molar-refractivity contribution < 1.29 is 27.3 Å². The quantitative estimate of drug-likeness (QED) is 0.170. The minimum atomic E-state index is -3.99. The number of hydrogen-bond acceptors (Lipinski definition) is 6. The van der Waals surface area contributed by atoms with Gasteiger partial charge in [-0.2, -0.15) is 9.46 Å². The number of nitrogens with zero attached hydrogens (tertiary/aromatic N) is 3. The molecule has 2 amide bonds. The van der Waals surface area contributed by atoms with Crippen molar-refractivity contribution in [2.75, 3.05) is 19.0 Å². The molecule has 262 valence electrons. The summed E-state index contributed by atoms with van der Waals surface area (Å²) in [6, 6.07) is 27.6. The molecular formula is C39H37F2N5O4S. The van der Waals surface area contributed by atoms with Gasteiger partial charge in [-0.1, -0.05) is 91.0 Å². The van der Waals surface area contributed by atoms with E-state index < -0.39 is 27.7 Å². The number of amides is 2. The summed E-state index contributed by atoms with van der Waals surface area (Å²) in [5, 5.41) is 7.39. The lowest BCUT2D eigenvalue weighted by Crippen LogP contribution is -2.39. The van der Waals surface area contributed by atoms with Crippen LogP contribution in [-0.2, 0) is 52.4 Å². The molecule has 1 aliphatic heterocycles. The normalized spacial score (nSPS) is 18.9. The number of rotatable bonds is 8. The van der Waals surface area contributed by atoms with Crippen LogP contribution in [0, 0.1) is 5.82 Å². The summed E-state index contributed by atoms with van der Waals surface area (Å²) in [6.45, 7) is 0.517. The highest BCUT2D eigenvalue weighted by Gasteiger charge is 2.41. The van der Waals surface area contributed by atoms with E-state index in [4.69, 9.17) is 13.8 Å². The van der Waals surface area contributed by atoms with Crippen LogP contribution in [0.15, 0.2) is 106 Å². The van der Waals surface area contributed by atoms with Crippen LogP contribution in [0.3, 0.4) is 0 Å². The fourth-order valence-corrected chi connectivity index (χ4v) is 9.53. The van der Waals surface area contributed by atoms with Gasteiger partial charge in [0.05, 0.1) is 12.7 Å². The fraction of sp³-hybridized carbons (Fsp3) is 0.282. The average molecular weight is 710 g/mol. The Bertz CT molecular complexity index is 2130. The molecule has 0 saturated heterocycles. The first-order valence-corrected chi connectivity index (χ1v) is 18.6. The van der Waals surface area contributed by atoms with Gasteiger partial charge in [0.1, 0.15) is 35.1 Å². The molecule has 8 rings (SSSR count). The zero-order chi connectivity index (χ0) is 35.2. The molecule has 2 aliphatic carbocycles. The number of carbonyl (C=O) groups is 1. The number of carbonyl (C=O) groups excluding carboxylic acids is 1. The lowest BCUT2D eigenvalue weighted by atomic mass is 9.78. The van der Waals surface area contributed by atoms with E-state index in [-0.39, 0.29) is 42.1 Å². The van der Waals surface area contributed by atoms with Crippen LogP contribution < -0.4 is 14.8 Å². The Morgan fingerprint density at radius 2 is 1.51 bits per heavy atom. The molecule has 3 aliphatic rings. The molecule has 0 saturated carbocycles. The summed E-state index contributed by atoms with van der Waals surface area (Å²) in [5.74, 6) is -0.178. The van der Waals surface area contributed by atoms with E-state index in [9.17, 15) is 9.18 Å². The van der Waals surface area contributed by atoms with E-state index in [1.54, 1.807) is 11.8 Å². The maximum atomic E-state index is 16.0. The summed E-state index contributed by atoms with van der Waals surface area (Å²) < 4.78 is 67.4. The van der Waals surface area contributed by atoms with Crippen LogP contribution >= 0.6 is 0 Å². The topological polar surface area (TPSA) is 107 Å². The number of fused-ring (bicyclic) bond motifs is 3. The molecule has 1 aromatic heterocycles. The predicted octanol–water partition coefficient (Wildman–Crippen LogP) is 6.91. The second-order valence-electron chi connectivity index (χ2n) is 13.1. The molecule has 0 bridgehead atoms. The van der Waals surface area contributed by atoms with Crippen molar-refractivity contribution >= 4 is 21.6 Å². The number of hydrogen-bond donors (Lipinski definition) is 2. The molecule has 4 aromatic carbocycles. The zero-order valence-corrected chi connectivity index (χ0v) is 28.8. The molecule has 0 spiro atoms. The number of halogens is 2. The van der Waals surface area contributed by atoms with Gasteiger partial charge in [0, 0.05) is 25.6 Å². The van der Waals surface area contributed by atoms with Gasteiger partial charge in [0.25, 0.3) is 0 Å². The second kappa shape index (κ2) is 13.2. The lowest BCUT2D eigenvalue weighted by molar-refractivity contribution is 0.0165. The average Bonchev–Trinajstić information content (AvgIpc) is 3.92. The van der Waals surface area contributed by atoms with Gasteiger partial charge in [-0.05, 0) is 58.2 Å². The highest BCUT2D eigenvalue weighted by Crippen LogP contribution is 2.44.